The smallest absolute Gasteiger partial charge is 0.412 e. The lowest BCUT2D eigenvalue weighted by molar-refractivity contribution is -0.138. The van der Waals surface area contributed by atoms with Gasteiger partial charge in [-0.15, -0.1) is 5.10 Å². The third-order valence-corrected chi connectivity index (χ3v) is 4.39. The summed E-state index contributed by atoms with van der Waals surface area (Å²) in [7, 11) is 0. The maximum atomic E-state index is 12.1. The molecule has 0 fully saturated rings. The van der Waals surface area contributed by atoms with E-state index in [4.69, 9.17) is 9.84 Å². The number of carboxylic acid groups (broad SMARTS) is 1. The van der Waals surface area contributed by atoms with Crippen LogP contribution in [0.2, 0.25) is 0 Å². The molecule has 0 bridgehead atoms. The van der Waals surface area contributed by atoms with Crippen LogP contribution in [0.1, 0.15) is 17.0 Å². The lowest BCUT2D eigenvalue weighted by atomic mass is 9.98. The number of amides is 1. The van der Waals surface area contributed by atoms with Crippen molar-refractivity contribution in [1.29, 1.82) is 0 Å². The van der Waals surface area contributed by atoms with Gasteiger partial charge < -0.3 is 9.84 Å². The predicted octanol–water partition coefficient (Wildman–Crippen LogP) is 2.72. The zero-order chi connectivity index (χ0) is 18.8. The van der Waals surface area contributed by atoms with Gasteiger partial charge >= 0.3 is 12.1 Å². The number of nitrogens with one attached hydrogen (secondary N) is 1. The summed E-state index contributed by atoms with van der Waals surface area (Å²) < 4.78 is 5.39. The number of ether oxygens (including phenoxy) is 1. The van der Waals surface area contributed by atoms with Crippen LogP contribution in [0.4, 0.5) is 10.6 Å². The van der Waals surface area contributed by atoms with Crippen molar-refractivity contribution in [2.45, 2.75) is 12.5 Å². The summed E-state index contributed by atoms with van der Waals surface area (Å²) in [6.07, 6.45) is 0.601. The molecule has 0 radical (unpaired) electrons. The predicted molar refractivity (Wildman–Crippen MR) is 96.3 cm³/mol. The number of hydrogen-bond acceptors (Lipinski definition) is 5. The lowest BCUT2D eigenvalue weighted by Crippen LogP contribution is -2.18. The van der Waals surface area contributed by atoms with Gasteiger partial charge in [0.05, 0.1) is 6.20 Å². The second-order valence-electron chi connectivity index (χ2n) is 6.10. The van der Waals surface area contributed by atoms with Crippen molar-refractivity contribution in [2.24, 2.45) is 0 Å². The molecule has 1 heterocycles. The number of fused-ring (bicyclic) bond motifs is 3. The monoisotopic (exact) mass is 364 g/mol. The van der Waals surface area contributed by atoms with Crippen LogP contribution in [0.15, 0.2) is 54.7 Å². The van der Waals surface area contributed by atoms with Gasteiger partial charge in [-0.2, -0.15) is 9.90 Å². The summed E-state index contributed by atoms with van der Waals surface area (Å²) in [5.41, 5.74) is 4.55. The summed E-state index contributed by atoms with van der Waals surface area (Å²) in [6, 6.07) is 16.1. The lowest BCUT2D eigenvalue weighted by Gasteiger charge is -2.14. The van der Waals surface area contributed by atoms with Crippen molar-refractivity contribution in [1.82, 2.24) is 15.0 Å². The van der Waals surface area contributed by atoms with Gasteiger partial charge in [0.1, 0.15) is 6.61 Å². The first-order chi connectivity index (χ1) is 13.1. The van der Waals surface area contributed by atoms with E-state index >= 15 is 0 Å². The van der Waals surface area contributed by atoms with E-state index < -0.39 is 12.1 Å². The normalized spacial score (nSPS) is 12.3. The molecular formula is C19H16N4O4. The van der Waals surface area contributed by atoms with Crippen molar-refractivity contribution in [3.8, 4) is 11.1 Å². The van der Waals surface area contributed by atoms with Gasteiger partial charge in [-0.25, -0.2) is 4.79 Å². The van der Waals surface area contributed by atoms with E-state index in [1.807, 2.05) is 36.4 Å². The standard InChI is InChI=1S/C19H16N4O4/c24-18(25)10-23-20-9-17(22-23)21-19(26)27-11-16-14-7-3-1-5-12(14)13-6-2-4-8-15(13)16/h1-9,16H,10-11H2,(H,24,25)(H,21,22,26). The summed E-state index contributed by atoms with van der Waals surface area (Å²) in [5, 5.41) is 18.8. The van der Waals surface area contributed by atoms with Crippen LogP contribution >= 0.6 is 0 Å². The summed E-state index contributed by atoms with van der Waals surface area (Å²) in [6.45, 7) is -0.199. The van der Waals surface area contributed by atoms with Gasteiger partial charge in [-0.3, -0.25) is 10.1 Å². The molecule has 0 saturated carbocycles. The molecule has 0 spiro atoms. The fourth-order valence-corrected chi connectivity index (χ4v) is 3.29. The number of rotatable bonds is 5. The Labute approximate surface area is 154 Å². The molecule has 2 aromatic carbocycles. The Hall–Kier alpha value is -3.68. The molecule has 1 amide bonds. The third-order valence-electron chi connectivity index (χ3n) is 4.39. The summed E-state index contributed by atoms with van der Waals surface area (Å²) in [4.78, 5) is 23.7. The molecule has 1 aliphatic carbocycles. The second kappa shape index (κ2) is 6.91. The second-order valence-corrected chi connectivity index (χ2v) is 6.10. The molecule has 8 heteroatoms. The molecule has 27 heavy (non-hydrogen) atoms. The van der Waals surface area contributed by atoms with Crippen LogP contribution < -0.4 is 5.32 Å². The quantitative estimate of drug-likeness (QED) is 0.721. The van der Waals surface area contributed by atoms with E-state index in [1.54, 1.807) is 0 Å². The molecular weight excluding hydrogens is 348 g/mol. The highest BCUT2D eigenvalue weighted by molar-refractivity contribution is 5.83. The van der Waals surface area contributed by atoms with E-state index in [2.05, 4.69) is 27.6 Å². The maximum absolute atomic E-state index is 12.1. The molecule has 2 N–H and O–H groups in total. The first kappa shape index (κ1) is 16.8. The van der Waals surface area contributed by atoms with Gasteiger partial charge in [-0.05, 0) is 22.3 Å². The number of anilines is 1. The van der Waals surface area contributed by atoms with Crippen molar-refractivity contribution in [3.63, 3.8) is 0 Å². The van der Waals surface area contributed by atoms with Crippen molar-refractivity contribution < 1.29 is 19.4 Å². The highest BCUT2D eigenvalue weighted by Gasteiger charge is 2.29. The van der Waals surface area contributed by atoms with Gasteiger partial charge in [0.15, 0.2) is 12.4 Å². The van der Waals surface area contributed by atoms with Crippen molar-refractivity contribution in [3.05, 3.63) is 65.9 Å². The average Bonchev–Trinajstić information content (AvgIpc) is 3.21. The van der Waals surface area contributed by atoms with Crippen LogP contribution in [0.25, 0.3) is 11.1 Å². The van der Waals surface area contributed by atoms with Crippen molar-refractivity contribution in [2.75, 3.05) is 11.9 Å². The number of nitrogens with zero attached hydrogens (tertiary/aromatic N) is 3. The molecule has 1 aromatic heterocycles. The zero-order valence-corrected chi connectivity index (χ0v) is 14.2. The Balaban J connectivity index is 1.43. The van der Waals surface area contributed by atoms with Crippen LogP contribution in [0, 0.1) is 0 Å². The van der Waals surface area contributed by atoms with Crippen LogP contribution in [-0.4, -0.2) is 38.8 Å². The van der Waals surface area contributed by atoms with Crippen LogP contribution in [0.5, 0.6) is 0 Å². The Morgan fingerprint density at radius 2 is 1.70 bits per heavy atom. The number of aromatic nitrogens is 3. The minimum atomic E-state index is -1.07. The molecule has 3 aromatic rings. The average molecular weight is 364 g/mol. The first-order valence-electron chi connectivity index (χ1n) is 8.36. The SMILES string of the molecule is O=C(O)Cn1ncc(NC(=O)OCC2c3ccccc3-c3ccccc32)n1. The number of benzene rings is 2. The van der Waals surface area contributed by atoms with E-state index in [0.717, 1.165) is 27.1 Å². The van der Waals surface area contributed by atoms with Crippen LogP contribution in [-0.2, 0) is 16.1 Å². The van der Waals surface area contributed by atoms with E-state index in [1.165, 1.54) is 6.20 Å². The Morgan fingerprint density at radius 1 is 1.07 bits per heavy atom. The van der Waals surface area contributed by atoms with E-state index in [-0.39, 0.29) is 24.9 Å². The number of carboxylic acids is 1. The Kier molecular flexibility index (Phi) is 4.29. The molecule has 0 atom stereocenters. The van der Waals surface area contributed by atoms with Crippen molar-refractivity contribution >= 4 is 17.9 Å². The molecule has 0 aliphatic heterocycles. The Bertz CT molecular complexity index is 969. The topological polar surface area (TPSA) is 106 Å². The molecule has 4 rings (SSSR count). The fraction of sp³-hybridized carbons (Fsp3) is 0.158. The highest BCUT2D eigenvalue weighted by Crippen LogP contribution is 2.44. The number of hydrogen-bond donors (Lipinski definition) is 2. The van der Waals surface area contributed by atoms with E-state index in [0.29, 0.717) is 0 Å². The minimum absolute atomic E-state index is 0.0363. The fourth-order valence-electron chi connectivity index (χ4n) is 3.29. The first-order valence-corrected chi connectivity index (χ1v) is 8.36. The maximum Gasteiger partial charge on any atom is 0.412 e. The number of carbonyl (C=O) groups is 2. The Morgan fingerprint density at radius 3 is 2.33 bits per heavy atom. The highest BCUT2D eigenvalue weighted by atomic mass is 16.5. The molecule has 0 unspecified atom stereocenters. The van der Waals surface area contributed by atoms with Crippen LogP contribution in [0.3, 0.4) is 0 Å². The molecule has 0 saturated heterocycles. The summed E-state index contributed by atoms with van der Waals surface area (Å²) >= 11 is 0. The number of carbonyl (C=O) groups excluding carboxylic acids is 1. The summed E-state index contributed by atoms with van der Waals surface area (Å²) in [5.74, 6) is -0.974. The molecule has 1 aliphatic rings. The van der Waals surface area contributed by atoms with E-state index in [9.17, 15) is 9.59 Å². The van der Waals surface area contributed by atoms with Gasteiger partial charge in [0.2, 0.25) is 0 Å². The largest absolute Gasteiger partial charge is 0.480 e. The zero-order valence-electron chi connectivity index (χ0n) is 14.2. The number of aliphatic carboxylic acids is 1. The molecule has 8 nitrogen and oxygen atoms in total. The minimum Gasteiger partial charge on any atom is -0.480 e. The molecule has 136 valence electrons. The van der Waals surface area contributed by atoms with Gasteiger partial charge in [0.25, 0.3) is 0 Å². The third kappa shape index (κ3) is 3.37. The van der Waals surface area contributed by atoms with Gasteiger partial charge in [-0.1, -0.05) is 48.5 Å². The van der Waals surface area contributed by atoms with Gasteiger partial charge in [0, 0.05) is 5.92 Å².